The van der Waals surface area contributed by atoms with Gasteiger partial charge in [0, 0.05) is 6.04 Å². The Hall–Kier alpha value is -1.36. The first-order valence-corrected chi connectivity index (χ1v) is 8.70. The monoisotopic (exact) mass is 321 g/mol. The summed E-state index contributed by atoms with van der Waals surface area (Å²) < 4.78 is 27.6. The van der Waals surface area contributed by atoms with E-state index in [4.69, 9.17) is 11.6 Å². The van der Waals surface area contributed by atoms with Crippen molar-refractivity contribution >= 4 is 21.6 Å². The summed E-state index contributed by atoms with van der Waals surface area (Å²) in [7, 11) is -3.55. The van der Waals surface area contributed by atoms with Crippen LogP contribution in [0.25, 0.3) is 0 Å². The second-order valence-electron chi connectivity index (χ2n) is 5.35. The lowest BCUT2D eigenvalue weighted by atomic mass is 10.1. The van der Waals surface area contributed by atoms with Gasteiger partial charge in [0.2, 0.25) is 10.0 Å². The molecule has 3 rings (SSSR count). The SMILES string of the molecule is Cc1ccc(S(=O)(=O)N[C@H]2Cc3ccccc3[C@@H]2Cl)cc1. The topological polar surface area (TPSA) is 46.2 Å². The highest BCUT2D eigenvalue weighted by atomic mass is 35.5. The van der Waals surface area contributed by atoms with E-state index in [0.29, 0.717) is 6.42 Å². The van der Waals surface area contributed by atoms with Crippen molar-refractivity contribution in [2.75, 3.05) is 0 Å². The number of alkyl halides is 1. The van der Waals surface area contributed by atoms with Gasteiger partial charge in [0.1, 0.15) is 0 Å². The maximum Gasteiger partial charge on any atom is 0.240 e. The van der Waals surface area contributed by atoms with Crippen molar-refractivity contribution in [3.63, 3.8) is 0 Å². The fourth-order valence-corrected chi connectivity index (χ4v) is 4.32. The number of rotatable bonds is 3. The highest BCUT2D eigenvalue weighted by Gasteiger charge is 2.33. The van der Waals surface area contributed by atoms with E-state index in [9.17, 15) is 8.42 Å². The standard InChI is InChI=1S/C16H16ClNO2S/c1-11-6-8-13(9-7-11)21(19,20)18-15-10-12-4-2-3-5-14(12)16(15)17/h2-9,15-16,18H,10H2,1H3/t15-,16-/m0/s1. The predicted molar refractivity (Wildman–Crippen MR) is 84.0 cm³/mol. The van der Waals surface area contributed by atoms with E-state index in [1.165, 1.54) is 0 Å². The largest absolute Gasteiger partial charge is 0.240 e. The van der Waals surface area contributed by atoms with Gasteiger partial charge in [0.05, 0.1) is 10.3 Å². The number of hydrogen-bond acceptors (Lipinski definition) is 2. The Morgan fingerprint density at radius 3 is 2.43 bits per heavy atom. The predicted octanol–water partition coefficient (Wildman–Crippen LogP) is 3.18. The number of sulfonamides is 1. The molecule has 0 radical (unpaired) electrons. The Morgan fingerprint density at radius 2 is 1.76 bits per heavy atom. The summed E-state index contributed by atoms with van der Waals surface area (Å²) in [4.78, 5) is 0.271. The quantitative estimate of drug-likeness (QED) is 0.883. The van der Waals surface area contributed by atoms with Crippen LogP contribution in [-0.2, 0) is 16.4 Å². The zero-order valence-electron chi connectivity index (χ0n) is 11.6. The fraction of sp³-hybridized carbons (Fsp3) is 0.250. The van der Waals surface area contributed by atoms with Gasteiger partial charge < -0.3 is 0 Å². The molecule has 1 aliphatic carbocycles. The Morgan fingerprint density at radius 1 is 1.10 bits per heavy atom. The van der Waals surface area contributed by atoms with Crippen LogP contribution in [0.15, 0.2) is 53.4 Å². The molecule has 0 spiro atoms. The molecular weight excluding hydrogens is 306 g/mol. The number of aryl methyl sites for hydroxylation is 1. The van der Waals surface area contributed by atoms with Crippen LogP contribution in [0.2, 0.25) is 0 Å². The molecule has 2 aromatic rings. The lowest BCUT2D eigenvalue weighted by Crippen LogP contribution is -2.36. The average molecular weight is 322 g/mol. The highest BCUT2D eigenvalue weighted by molar-refractivity contribution is 7.89. The summed E-state index contributed by atoms with van der Waals surface area (Å²) in [5.41, 5.74) is 3.14. The van der Waals surface area contributed by atoms with E-state index in [0.717, 1.165) is 16.7 Å². The summed E-state index contributed by atoms with van der Waals surface area (Å²) in [6, 6.07) is 14.3. The van der Waals surface area contributed by atoms with Gasteiger partial charge in [-0.2, -0.15) is 0 Å². The third-order valence-electron chi connectivity index (χ3n) is 3.78. The van der Waals surface area contributed by atoms with Gasteiger partial charge in [-0.1, -0.05) is 42.0 Å². The minimum atomic E-state index is -3.55. The molecule has 0 amide bonds. The highest BCUT2D eigenvalue weighted by Crippen LogP contribution is 2.36. The normalized spacial score (nSPS) is 21.2. The van der Waals surface area contributed by atoms with Crippen LogP contribution in [-0.4, -0.2) is 14.5 Å². The number of hydrogen-bond donors (Lipinski definition) is 1. The maximum absolute atomic E-state index is 12.4. The van der Waals surface area contributed by atoms with Crippen molar-refractivity contribution in [3.05, 3.63) is 65.2 Å². The summed E-state index contributed by atoms with van der Waals surface area (Å²) in [5, 5.41) is -0.332. The number of fused-ring (bicyclic) bond motifs is 1. The minimum Gasteiger partial charge on any atom is -0.207 e. The van der Waals surface area contributed by atoms with Gasteiger partial charge in [-0.05, 0) is 36.6 Å². The number of nitrogens with one attached hydrogen (secondary N) is 1. The smallest absolute Gasteiger partial charge is 0.207 e. The van der Waals surface area contributed by atoms with Crippen molar-refractivity contribution in [1.29, 1.82) is 0 Å². The molecule has 0 unspecified atom stereocenters. The first-order chi connectivity index (χ1) is 9.97. The summed E-state index contributed by atoms with van der Waals surface area (Å²) in [6.07, 6.45) is 0.620. The summed E-state index contributed by atoms with van der Waals surface area (Å²) in [6.45, 7) is 1.92. The van der Waals surface area contributed by atoms with Crippen LogP contribution in [0.5, 0.6) is 0 Å². The first-order valence-electron chi connectivity index (χ1n) is 6.78. The molecule has 0 saturated carbocycles. The molecule has 3 nitrogen and oxygen atoms in total. The Kier molecular flexibility index (Phi) is 3.78. The van der Waals surface area contributed by atoms with Crippen LogP contribution in [0.4, 0.5) is 0 Å². The van der Waals surface area contributed by atoms with E-state index >= 15 is 0 Å². The molecular formula is C16H16ClNO2S. The zero-order chi connectivity index (χ0) is 15.0. The molecule has 0 aliphatic heterocycles. The van der Waals surface area contributed by atoms with Gasteiger partial charge in [0.25, 0.3) is 0 Å². The van der Waals surface area contributed by atoms with Crippen molar-refractivity contribution in [2.24, 2.45) is 0 Å². The first kappa shape index (κ1) is 14.6. The molecule has 0 heterocycles. The number of halogens is 1. The second-order valence-corrected chi connectivity index (χ2v) is 7.53. The lowest BCUT2D eigenvalue weighted by Gasteiger charge is -2.16. The third kappa shape index (κ3) is 2.84. The molecule has 110 valence electrons. The molecule has 2 atom stereocenters. The van der Waals surface area contributed by atoms with Crippen LogP contribution >= 0.6 is 11.6 Å². The molecule has 2 aromatic carbocycles. The molecule has 0 fully saturated rings. The van der Waals surface area contributed by atoms with Crippen molar-refractivity contribution < 1.29 is 8.42 Å². The number of benzene rings is 2. The van der Waals surface area contributed by atoms with Gasteiger partial charge >= 0.3 is 0 Å². The van der Waals surface area contributed by atoms with E-state index < -0.39 is 10.0 Å². The maximum atomic E-state index is 12.4. The minimum absolute atomic E-state index is 0.271. The molecule has 5 heteroatoms. The second kappa shape index (κ2) is 5.44. The molecule has 1 aliphatic rings. The molecule has 21 heavy (non-hydrogen) atoms. The Bertz CT molecular complexity index is 756. The van der Waals surface area contributed by atoms with E-state index in [1.807, 2.05) is 31.2 Å². The molecule has 0 aromatic heterocycles. The summed E-state index contributed by atoms with van der Waals surface area (Å²) >= 11 is 6.40. The van der Waals surface area contributed by atoms with Gasteiger partial charge in [-0.3, -0.25) is 0 Å². The van der Waals surface area contributed by atoms with Gasteiger partial charge in [-0.25, -0.2) is 13.1 Å². The van der Waals surface area contributed by atoms with Crippen LogP contribution in [0, 0.1) is 6.92 Å². The van der Waals surface area contributed by atoms with Crippen molar-refractivity contribution in [3.8, 4) is 0 Å². The van der Waals surface area contributed by atoms with Gasteiger partial charge in [0.15, 0.2) is 0 Å². The fourth-order valence-electron chi connectivity index (χ4n) is 2.63. The van der Waals surface area contributed by atoms with E-state index in [1.54, 1.807) is 24.3 Å². The van der Waals surface area contributed by atoms with Crippen molar-refractivity contribution in [1.82, 2.24) is 4.72 Å². The summed E-state index contributed by atoms with van der Waals surface area (Å²) in [5.74, 6) is 0. The lowest BCUT2D eigenvalue weighted by molar-refractivity contribution is 0.551. The molecule has 0 bridgehead atoms. The Labute approximate surface area is 130 Å². The van der Waals surface area contributed by atoms with Crippen LogP contribution in [0.3, 0.4) is 0 Å². The van der Waals surface area contributed by atoms with Gasteiger partial charge in [-0.15, -0.1) is 11.6 Å². The van der Waals surface area contributed by atoms with Crippen LogP contribution in [0.1, 0.15) is 22.1 Å². The van der Waals surface area contributed by atoms with E-state index in [2.05, 4.69) is 4.72 Å². The van der Waals surface area contributed by atoms with Crippen molar-refractivity contribution in [2.45, 2.75) is 29.7 Å². The third-order valence-corrected chi connectivity index (χ3v) is 5.83. The Balaban J connectivity index is 1.83. The molecule has 0 saturated heterocycles. The molecule has 1 N–H and O–H groups in total. The zero-order valence-corrected chi connectivity index (χ0v) is 13.2. The average Bonchev–Trinajstić information content (AvgIpc) is 2.76. The van der Waals surface area contributed by atoms with Crippen LogP contribution < -0.4 is 4.72 Å². The van der Waals surface area contributed by atoms with E-state index in [-0.39, 0.29) is 16.3 Å².